The quantitative estimate of drug-likeness (QED) is 0.314. The predicted octanol–water partition coefficient (Wildman–Crippen LogP) is 0.683. The van der Waals surface area contributed by atoms with E-state index in [0.29, 0.717) is 13.1 Å². The van der Waals surface area contributed by atoms with Crippen LogP contribution in [0.5, 0.6) is 0 Å². The van der Waals surface area contributed by atoms with Gasteiger partial charge in [-0.1, -0.05) is 19.9 Å². The van der Waals surface area contributed by atoms with Crippen LogP contribution in [0.1, 0.15) is 27.2 Å². The topological polar surface area (TPSA) is 66.8 Å². The third-order valence-electron chi connectivity index (χ3n) is 2.28. The van der Waals surface area contributed by atoms with E-state index in [2.05, 4.69) is 11.3 Å². The van der Waals surface area contributed by atoms with Gasteiger partial charge in [0.05, 0.1) is 6.42 Å². The summed E-state index contributed by atoms with van der Waals surface area (Å²) in [5.41, 5.74) is -1.78. The van der Waals surface area contributed by atoms with Gasteiger partial charge in [-0.3, -0.25) is 9.69 Å². The highest BCUT2D eigenvalue weighted by Gasteiger charge is 2.38. The molecule has 0 radical (unpaired) electrons. The highest BCUT2D eigenvalue weighted by atomic mass is 16.6. The molecule has 1 unspecified atom stereocenters. The Morgan fingerprint density at radius 1 is 1.44 bits per heavy atom. The van der Waals surface area contributed by atoms with Crippen molar-refractivity contribution in [3.05, 3.63) is 12.7 Å². The fraction of sp³-hybridized carbons (Fsp3) is 0.636. The minimum atomic E-state index is -1.78. The lowest BCUT2D eigenvalue weighted by Gasteiger charge is -2.32. The summed E-state index contributed by atoms with van der Waals surface area (Å²) >= 11 is 0. The molecule has 92 valence electrons. The van der Waals surface area contributed by atoms with Crippen LogP contribution in [0, 0.1) is 0 Å². The summed E-state index contributed by atoms with van der Waals surface area (Å²) in [5, 5.41) is 9.93. The smallest absolute Gasteiger partial charge is 0.361 e. The number of likely N-dealkylation sites (N-methyl/N-ethyl adjacent to an activating group) is 1. The normalized spacial score (nSPS) is 14.3. The van der Waals surface area contributed by atoms with E-state index in [4.69, 9.17) is 0 Å². The van der Waals surface area contributed by atoms with Crippen LogP contribution in [0.4, 0.5) is 0 Å². The standard InChI is InChI=1S/C11H19NO4/c1-5-8-9(13)16-10(14)11(4,15)12(6-2)7-3/h5,15H,1,6-8H2,2-4H3. The van der Waals surface area contributed by atoms with Crippen molar-refractivity contribution in [1.82, 2.24) is 4.90 Å². The molecular weight excluding hydrogens is 210 g/mol. The van der Waals surface area contributed by atoms with Crippen molar-refractivity contribution in [2.75, 3.05) is 13.1 Å². The predicted molar refractivity (Wildman–Crippen MR) is 59.5 cm³/mol. The van der Waals surface area contributed by atoms with E-state index >= 15 is 0 Å². The minimum Gasteiger partial charge on any atom is -0.390 e. The first-order valence-corrected chi connectivity index (χ1v) is 5.23. The Kier molecular flexibility index (Phi) is 5.92. The second-order valence-electron chi connectivity index (χ2n) is 3.45. The van der Waals surface area contributed by atoms with Gasteiger partial charge in [0.1, 0.15) is 0 Å². The third-order valence-corrected chi connectivity index (χ3v) is 2.28. The van der Waals surface area contributed by atoms with Gasteiger partial charge in [0.25, 0.3) is 0 Å². The largest absolute Gasteiger partial charge is 0.390 e. The molecule has 0 aromatic rings. The van der Waals surface area contributed by atoms with Crippen molar-refractivity contribution in [2.45, 2.75) is 32.9 Å². The van der Waals surface area contributed by atoms with Crippen LogP contribution in [0.15, 0.2) is 12.7 Å². The lowest BCUT2D eigenvalue weighted by Crippen LogP contribution is -2.53. The van der Waals surface area contributed by atoms with Gasteiger partial charge in [-0.2, -0.15) is 0 Å². The van der Waals surface area contributed by atoms with Crippen molar-refractivity contribution in [3.8, 4) is 0 Å². The maximum absolute atomic E-state index is 11.5. The monoisotopic (exact) mass is 229 g/mol. The molecule has 0 aliphatic carbocycles. The summed E-state index contributed by atoms with van der Waals surface area (Å²) < 4.78 is 4.50. The SMILES string of the molecule is C=CCC(=O)OC(=O)C(C)(O)N(CC)CC. The van der Waals surface area contributed by atoms with Gasteiger partial charge in [-0.05, 0) is 20.0 Å². The lowest BCUT2D eigenvalue weighted by atomic mass is 10.2. The average molecular weight is 229 g/mol. The Morgan fingerprint density at radius 3 is 2.31 bits per heavy atom. The van der Waals surface area contributed by atoms with E-state index < -0.39 is 17.7 Å². The van der Waals surface area contributed by atoms with E-state index in [9.17, 15) is 14.7 Å². The number of hydrogen-bond acceptors (Lipinski definition) is 5. The van der Waals surface area contributed by atoms with Crippen molar-refractivity contribution in [2.24, 2.45) is 0 Å². The number of carbonyl (C=O) groups is 2. The van der Waals surface area contributed by atoms with Gasteiger partial charge < -0.3 is 9.84 Å². The van der Waals surface area contributed by atoms with Gasteiger partial charge in [0.2, 0.25) is 5.72 Å². The van der Waals surface area contributed by atoms with Crippen LogP contribution in [0.3, 0.4) is 0 Å². The maximum atomic E-state index is 11.5. The zero-order chi connectivity index (χ0) is 12.8. The number of hydrogen-bond donors (Lipinski definition) is 1. The molecule has 0 spiro atoms. The van der Waals surface area contributed by atoms with Crippen LogP contribution in [-0.2, 0) is 14.3 Å². The second kappa shape index (κ2) is 6.40. The average Bonchev–Trinajstić information content (AvgIpc) is 2.19. The minimum absolute atomic E-state index is 0.0555. The van der Waals surface area contributed by atoms with Crippen molar-refractivity contribution in [3.63, 3.8) is 0 Å². The molecule has 0 aliphatic heterocycles. The molecule has 16 heavy (non-hydrogen) atoms. The number of esters is 2. The second-order valence-corrected chi connectivity index (χ2v) is 3.45. The Labute approximate surface area is 95.7 Å². The van der Waals surface area contributed by atoms with Gasteiger partial charge in [-0.15, -0.1) is 6.58 Å². The Morgan fingerprint density at radius 2 is 1.94 bits per heavy atom. The third kappa shape index (κ3) is 3.75. The highest BCUT2D eigenvalue weighted by Crippen LogP contribution is 2.13. The maximum Gasteiger partial charge on any atom is 0.361 e. The Hall–Kier alpha value is -1.20. The van der Waals surface area contributed by atoms with Crippen LogP contribution < -0.4 is 0 Å². The first kappa shape index (κ1) is 14.8. The van der Waals surface area contributed by atoms with E-state index in [-0.39, 0.29) is 6.42 Å². The fourth-order valence-electron chi connectivity index (χ4n) is 1.33. The molecule has 1 N–H and O–H groups in total. The summed E-state index contributed by atoms with van der Waals surface area (Å²) in [7, 11) is 0. The molecule has 5 heteroatoms. The summed E-state index contributed by atoms with van der Waals surface area (Å²) in [6.07, 6.45) is 1.28. The molecule has 0 saturated heterocycles. The van der Waals surface area contributed by atoms with Gasteiger partial charge >= 0.3 is 11.9 Å². The number of rotatable bonds is 6. The van der Waals surface area contributed by atoms with Crippen molar-refractivity contribution >= 4 is 11.9 Å². The highest BCUT2D eigenvalue weighted by molar-refractivity contribution is 5.90. The van der Waals surface area contributed by atoms with Crippen LogP contribution in [0.25, 0.3) is 0 Å². The molecule has 1 atom stereocenters. The molecule has 0 rings (SSSR count). The Bertz CT molecular complexity index is 269. The summed E-state index contributed by atoms with van der Waals surface area (Å²) in [4.78, 5) is 24.1. The molecule has 0 aliphatic rings. The molecular formula is C11H19NO4. The number of carbonyl (C=O) groups excluding carboxylic acids is 2. The first-order chi connectivity index (χ1) is 7.39. The van der Waals surface area contributed by atoms with E-state index in [1.165, 1.54) is 17.9 Å². The van der Waals surface area contributed by atoms with Crippen LogP contribution >= 0.6 is 0 Å². The van der Waals surface area contributed by atoms with Gasteiger partial charge in [0, 0.05) is 0 Å². The zero-order valence-corrected chi connectivity index (χ0v) is 10.0. The molecule has 0 bridgehead atoms. The summed E-state index contributed by atoms with van der Waals surface area (Å²) in [6.45, 7) is 9.23. The van der Waals surface area contributed by atoms with E-state index in [1.807, 2.05) is 0 Å². The van der Waals surface area contributed by atoms with Crippen LogP contribution in [-0.4, -0.2) is 40.8 Å². The van der Waals surface area contributed by atoms with E-state index in [1.54, 1.807) is 13.8 Å². The van der Waals surface area contributed by atoms with Crippen LogP contribution in [0.2, 0.25) is 0 Å². The zero-order valence-electron chi connectivity index (χ0n) is 10.0. The summed E-state index contributed by atoms with van der Waals surface area (Å²) in [5.74, 6) is -1.67. The van der Waals surface area contributed by atoms with Gasteiger partial charge in [0.15, 0.2) is 0 Å². The molecule has 0 heterocycles. The molecule has 0 aromatic heterocycles. The lowest BCUT2D eigenvalue weighted by molar-refractivity contribution is -0.188. The van der Waals surface area contributed by atoms with Crippen molar-refractivity contribution < 1.29 is 19.4 Å². The molecule has 0 saturated carbocycles. The fourth-order valence-corrected chi connectivity index (χ4v) is 1.33. The first-order valence-electron chi connectivity index (χ1n) is 5.23. The Balaban J connectivity index is 4.56. The molecule has 5 nitrogen and oxygen atoms in total. The molecule has 0 fully saturated rings. The van der Waals surface area contributed by atoms with E-state index in [0.717, 1.165) is 0 Å². The molecule has 0 aromatic carbocycles. The van der Waals surface area contributed by atoms with Gasteiger partial charge in [-0.25, -0.2) is 4.79 Å². The van der Waals surface area contributed by atoms with Crippen molar-refractivity contribution in [1.29, 1.82) is 0 Å². The summed E-state index contributed by atoms with van der Waals surface area (Å²) in [6, 6.07) is 0. The number of aliphatic hydroxyl groups is 1. The molecule has 0 amide bonds. The number of ether oxygens (including phenoxy) is 1. The number of nitrogens with zero attached hydrogens (tertiary/aromatic N) is 1.